The van der Waals surface area contributed by atoms with E-state index in [9.17, 15) is 19.8 Å². The predicted octanol–water partition coefficient (Wildman–Crippen LogP) is 7.06. The monoisotopic (exact) mass is 506 g/mol. The van der Waals surface area contributed by atoms with E-state index in [4.69, 9.17) is 0 Å². The van der Waals surface area contributed by atoms with Crippen molar-refractivity contribution >= 4 is 44.5 Å². The highest BCUT2D eigenvalue weighted by atomic mass is 16.3. The molecule has 0 amide bonds. The fraction of sp³-hybridized carbons (Fsp3) is 0.188. The second-order valence-corrected chi connectivity index (χ2v) is 10.2. The summed E-state index contributed by atoms with van der Waals surface area (Å²) in [4.78, 5) is 33.7. The maximum Gasteiger partial charge on any atom is 0.232 e. The average molecular weight is 507 g/mol. The van der Waals surface area contributed by atoms with Crippen molar-refractivity contribution in [3.8, 4) is 0 Å². The van der Waals surface area contributed by atoms with Crippen LogP contribution in [0.4, 0.5) is 0 Å². The molecule has 1 aliphatic rings. The van der Waals surface area contributed by atoms with Crippen molar-refractivity contribution in [2.24, 2.45) is 0 Å². The standard InChI is InChI=1S/C32H30N2O4/c1-17(2)9-11-19-12-13-20-22(16-33-25(20)15-19)27-29(35)31(37)28(32(38)30(27)36)26-21-7-5-6-8-23(21)34-24(26)14-10-18(3)4/h5-10,12-13,15-16,33-35,38H,11,14H2,1-4H3. The van der Waals surface area contributed by atoms with Gasteiger partial charge in [-0.15, -0.1) is 0 Å². The zero-order chi connectivity index (χ0) is 27.1. The minimum atomic E-state index is -0.787. The number of aromatic nitrogens is 2. The molecule has 0 saturated carbocycles. The van der Waals surface area contributed by atoms with Crippen molar-refractivity contribution < 1.29 is 19.8 Å². The lowest BCUT2D eigenvalue weighted by Gasteiger charge is -2.18. The summed E-state index contributed by atoms with van der Waals surface area (Å²) in [7, 11) is 0. The third kappa shape index (κ3) is 4.28. The number of carbonyl (C=O) groups is 2. The number of aliphatic hydroxyl groups excluding tert-OH is 2. The van der Waals surface area contributed by atoms with Crippen molar-refractivity contribution in [1.29, 1.82) is 0 Å². The molecule has 4 aromatic rings. The van der Waals surface area contributed by atoms with Crippen LogP contribution >= 0.6 is 0 Å². The SMILES string of the molecule is CC(C)=CCc1ccc2c(C3=C(O)C(=O)C(c4c(CC=C(C)C)[nH]c5ccccc45)=C(O)C3=O)c[nH]c2c1. The van der Waals surface area contributed by atoms with Gasteiger partial charge in [-0.3, -0.25) is 9.59 Å². The number of hydrogen-bond acceptors (Lipinski definition) is 4. The van der Waals surface area contributed by atoms with Crippen LogP contribution in [0.1, 0.15) is 50.1 Å². The molecule has 192 valence electrons. The highest BCUT2D eigenvalue weighted by Gasteiger charge is 2.39. The summed E-state index contributed by atoms with van der Waals surface area (Å²) in [5.41, 5.74) is 6.04. The first kappa shape index (κ1) is 25.1. The molecule has 38 heavy (non-hydrogen) atoms. The molecule has 1 aliphatic carbocycles. The minimum absolute atomic E-state index is 0.185. The van der Waals surface area contributed by atoms with Crippen molar-refractivity contribution in [2.45, 2.75) is 40.5 Å². The molecule has 0 bridgehead atoms. The second-order valence-electron chi connectivity index (χ2n) is 10.2. The van der Waals surface area contributed by atoms with E-state index < -0.39 is 23.1 Å². The van der Waals surface area contributed by atoms with Crippen LogP contribution in [0.3, 0.4) is 0 Å². The number of benzene rings is 2. The lowest BCUT2D eigenvalue weighted by molar-refractivity contribution is -0.116. The Morgan fingerprint density at radius 2 is 1.45 bits per heavy atom. The largest absolute Gasteiger partial charge is 0.504 e. The molecular weight excluding hydrogens is 476 g/mol. The predicted molar refractivity (Wildman–Crippen MR) is 152 cm³/mol. The maximum atomic E-state index is 13.6. The molecule has 2 aromatic carbocycles. The minimum Gasteiger partial charge on any atom is -0.504 e. The Balaban J connectivity index is 1.62. The molecule has 4 N–H and O–H groups in total. The zero-order valence-electron chi connectivity index (χ0n) is 21.9. The summed E-state index contributed by atoms with van der Waals surface area (Å²) in [6.07, 6.45) is 6.96. The van der Waals surface area contributed by atoms with Gasteiger partial charge in [-0.25, -0.2) is 0 Å². The van der Waals surface area contributed by atoms with E-state index in [1.165, 1.54) is 5.57 Å². The Kier molecular flexibility index (Phi) is 6.41. The van der Waals surface area contributed by atoms with E-state index >= 15 is 0 Å². The summed E-state index contributed by atoms with van der Waals surface area (Å²) < 4.78 is 0. The van der Waals surface area contributed by atoms with Crippen molar-refractivity contribution in [3.05, 3.63) is 106 Å². The molecule has 2 heterocycles. The van der Waals surface area contributed by atoms with E-state index in [-0.39, 0.29) is 11.1 Å². The van der Waals surface area contributed by atoms with Gasteiger partial charge in [-0.2, -0.15) is 0 Å². The fourth-order valence-corrected chi connectivity index (χ4v) is 4.93. The van der Waals surface area contributed by atoms with Gasteiger partial charge in [0.25, 0.3) is 0 Å². The molecule has 0 aliphatic heterocycles. The first-order valence-electron chi connectivity index (χ1n) is 12.6. The number of rotatable bonds is 6. The van der Waals surface area contributed by atoms with Crippen LogP contribution in [0.15, 0.2) is 83.5 Å². The lowest BCUT2D eigenvalue weighted by atomic mass is 9.84. The Morgan fingerprint density at radius 1 is 0.789 bits per heavy atom. The number of Topliss-reactive ketones (excluding diaryl/α,β-unsaturated/α-hetero) is 2. The normalized spacial score (nSPS) is 14.1. The molecule has 0 saturated heterocycles. The van der Waals surface area contributed by atoms with Crippen molar-refractivity contribution in [1.82, 2.24) is 9.97 Å². The van der Waals surface area contributed by atoms with Gasteiger partial charge in [0.1, 0.15) is 0 Å². The molecule has 0 spiro atoms. The number of H-pyrrole nitrogens is 2. The number of aliphatic hydroxyl groups is 2. The Bertz CT molecular complexity index is 1750. The van der Waals surface area contributed by atoms with Gasteiger partial charge in [-0.1, -0.05) is 53.6 Å². The van der Waals surface area contributed by atoms with Crippen LogP contribution in [0.25, 0.3) is 33.0 Å². The van der Waals surface area contributed by atoms with E-state index in [0.717, 1.165) is 28.6 Å². The Morgan fingerprint density at radius 3 is 2.18 bits per heavy atom. The van der Waals surface area contributed by atoms with Gasteiger partial charge in [0.05, 0.1) is 11.1 Å². The maximum absolute atomic E-state index is 13.6. The first-order valence-corrected chi connectivity index (χ1v) is 12.6. The number of carbonyl (C=O) groups excluding carboxylic acids is 2. The first-order chi connectivity index (χ1) is 18.2. The third-order valence-corrected chi connectivity index (χ3v) is 6.87. The Labute approximate surface area is 220 Å². The van der Waals surface area contributed by atoms with Crippen molar-refractivity contribution in [2.75, 3.05) is 0 Å². The summed E-state index contributed by atoms with van der Waals surface area (Å²) >= 11 is 0. The van der Waals surface area contributed by atoms with Crippen LogP contribution in [0.5, 0.6) is 0 Å². The van der Waals surface area contributed by atoms with Gasteiger partial charge < -0.3 is 20.2 Å². The molecular formula is C32H30N2O4. The van der Waals surface area contributed by atoms with E-state index in [1.54, 1.807) is 6.20 Å². The zero-order valence-corrected chi connectivity index (χ0v) is 21.9. The van der Waals surface area contributed by atoms with Gasteiger partial charge in [0, 0.05) is 51.2 Å². The highest BCUT2D eigenvalue weighted by molar-refractivity contribution is 6.48. The fourth-order valence-electron chi connectivity index (χ4n) is 4.93. The number of hydrogen-bond donors (Lipinski definition) is 4. The number of nitrogens with one attached hydrogen (secondary N) is 2. The molecule has 6 heteroatoms. The number of fused-ring (bicyclic) bond motifs is 2. The smallest absolute Gasteiger partial charge is 0.232 e. The molecule has 0 unspecified atom stereocenters. The molecule has 2 aromatic heterocycles. The summed E-state index contributed by atoms with van der Waals surface area (Å²) in [5, 5.41) is 23.7. The topological polar surface area (TPSA) is 106 Å². The lowest BCUT2D eigenvalue weighted by Crippen LogP contribution is -2.23. The quantitative estimate of drug-likeness (QED) is 0.166. The molecule has 6 nitrogen and oxygen atoms in total. The Hall–Kier alpha value is -4.58. The average Bonchev–Trinajstić information content (AvgIpc) is 3.47. The van der Waals surface area contributed by atoms with Gasteiger partial charge in [0.15, 0.2) is 11.5 Å². The summed E-state index contributed by atoms with van der Waals surface area (Å²) in [5.74, 6) is -2.91. The molecule has 0 radical (unpaired) electrons. The number of para-hydroxylation sites is 1. The van der Waals surface area contributed by atoms with Crippen LogP contribution in [-0.4, -0.2) is 31.7 Å². The van der Waals surface area contributed by atoms with E-state index in [1.807, 2.05) is 76.2 Å². The van der Waals surface area contributed by atoms with Gasteiger partial charge in [-0.05, 0) is 51.8 Å². The number of ketones is 2. The summed E-state index contributed by atoms with van der Waals surface area (Å²) in [6.45, 7) is 8.03. The van der Waals surface area contributed by atoms with E-state index in [2.05, 4.69) is 16.0 Å². The van der Waals surface area contributed by atoms with Gasteiger partial charge in [0.2, 0.25) is 11.6 Å². The van der Waals surface area contributed by atoms with Crippen molar-refractivity contribution in [3.63, 3.8) is 0 Å². The third-order valence-electron chi connectivity index (χ3n) is 6.87. The van der Waals surface area contributed by atoms with Gasteiger partial charge >= 0.3 is 0 Å². The molecule has 0 fully saturated rings. The molecule has 0 atom stereocenters. The van der Waals surface area contributed by atoms with Crippen LogP contribution in [0, 0.1) is 0 Å². The van der Waals surface area contributed by atoms with Crippen LogP contribution in [0.2, 0.25) is 0 Å². The number of allylic oxidation sites excluding steroid dienone is 6. The summed E-state index contributed by atoms with van der Waals surface area (Å²) in [6, 6.07) is 13.2. The van der Waals surface area contributed by atoms with Crippen LogP contribution < -0.4 is 0 Å². The highest BCUT2D eigenvalue weighted by Crippen LogP contribution is 2.40. The molecule has 5 rings (SSSR count). The number of aromatic amines is 2. The van der Waals surface area contributed by atoms with E-state index in [0.29, 0.717) is 34.0 Å². The second kappa shape index (κ2) is 9.71. The van der Waals surface area contributed by atoms with Crippen LogP contribution in [-0.2, 0) is 22.4 Å².